The quantitative estimate of drug-likeness (QED) is 0.849. The largest absolute Gasteiger partial charge is 0.354 e. The summed E-state index contributed by atoms with van der Waals surface area (Å²) >= 11 is 1.85. The van der Waals surface area contributed by atoms with Gasteiger partial charge in [0.15, 0.2) is 5.82 Å². The smallest absolute Gasteiger partial charge is 0.151 e. The predicted octanol–water partition coefficient (Wildman–Crippen LogP) is 2.99. The molecule has 1 aliphatic heterocycles. The number of anilines is 1. The van der Waals surface area contributed by atoms with Gasteiger partial charge in [0.2, 0.25) is 0 Å². The molecule has 0 saturated carbocycles. The van der Waals surface area contributed by atoms with Crippen LogP contribution < -0.4 is 4.90 Å². The monoisotopic (exact) mass is 316 g/mol. The van der Waals surface area contributed by atoms with Crippen LogP contribution in [0.15, 0.2) is 29.6 Å². The number of thiophene rings is 1. The van der Waals surface area contributed by atoms with Crippen molar-refractivity contribution in [3.63, 3.8) is 0 Å². The molecule has 2 aromatic heterocycles. The molecule has 5 heteroatoms. The summed E-state index contributed by atoms with van der Waals surface area (Å²) in [5.74, 6) is 1.02. The van der Waals surface area contributed by atoms with Crippen LogP contribution in [0.4, 0.5) is 5.82 Å². The van der Waals surface area contributed by atoms with Crippen LogP contribution in [-0.2, 0) is 6.42 Å². The van der Waals surface area contributed by atoms with Crippen molar-refractivity contribution in [3.8, 4) is 0 Å². The molecular formula is C17H24N4S. The molecule has 4 nitrogen and oxygen atoms in total. The highest BCUT2D eigenvalue weighted by Crippen LogP contribution is 2.20. The Morgan fingerprint density at radius 2 is 2.23 bits per heavy atom. The molecule has 0 bridgehead atoms. The Bertz CT molecular complexity index is 567. The number of aryl methyl sites for hydroxylation is 1. The second-order valence-electron chi connectivity index (χ2n) is 6.08. The summed E-state index contributed by atoms with van der Waals surface area (Å²) in [7, 11) is 2.25. The van der Waals surface area contributed by atoms with Gasteiger partial charge in [0, 0.05) is 30.6 Å². The lowest BCUT2D eigenvalue weighted by molar-refractivity contribution is 0.217. The molecule has 0 spiro atoms. The van der Waals surface area contributed by atoms with Crippen LogP contribution in [-0.4, -0.2) is 47.8 Å². The molecule has 3 heterocycles. The fraction of sp³-hybridized carbons (Fsp3) is 0.529. The zero-order valence-electron chi connectivity index (χ0n) is 13.4. The van der Waals surface area contributed by atoms with E-state index in [0.29, 0.717) is 6.04 Å². The highest BCUT2D eigenvalue weighted by Gasteiger charge is 2.24. The van der Waals surface area contributed by atoms with Crippen LogP contribution in [0.1, 0.15) is 23.4 Å². The first kappa shape index (κ1) is 15.4. The first-order chi connectivity index (χ1) is 10.7. The van der Waals surface area contributed by atoms with Crippen LogP contribution in [0, 0.1) is 6.92 Å². The number of rotatable bonds is 5. The molecule has 22 heavy (non-hydrogen) atoms. The lowest BCUT2D eigenvalue weighted by atomic mass is 10.0. The summed E-state index contributed by atoms with van der Waals surface area (Å²) in [5, 5.41) is 10.7. The van der Waals surface area contributed by atoms with E-state index >= 15 is 0 Å². The maximum atomic E-state index is 4.34. The zero-order chi connectivity index (χ0) is 15.4. The third-order valence-corrected chi connectivity index (χ3v) is 5.35. The Labute approximate surface area is 136 Å². The van der Waals surface area contributed by atoms with Crippen LogP contribution >= 0.6 is 11.3 Å². The van der Waals surface area contributed by atoms with Gasteiger partial charge in [-0.1, -0.05) is 6.07 Å². The van der Waals surface area contributed by atoms with Gasteiger partial charge < -0.3 is 9.80 Å². The van der Waals surface area contributed by atoms with Crippen molar-refractivity contribution < 1.29 is 0 Å². The lowest BCUT2D eigenvalue weighted by Crippen LogP contribution is -2.47. The van der Waals surface area contributed by atoms with Gasteiger partial charge in [-0.3, -0.25) is 0 Å². The minimum atomic E-state index is 0.608. The van der Waals surface area contributed by atoms with E-state index in [9.17, 15) is 0 Å². The Balaban J connectivity index is 1.56. The Morgan fingerprint density at radius 3 is 2.95 bits per heavy atom. The van der Waals surface area contributed by atoms with Crippen molar-refractivity contribution in [2.45, 2.75) is 32.2 Å². The van der Waals surface area contributed by atoms with E-state index in [0.717, 1.165) is 37.6 Å². The van der Waals surface area contributed by atoms with Gasteiger partial charge in [0.05, 0.1) is 5.69 Å². The van der Waals surface area contributed by atoms with Crippen molar-refractivity contribution in [3.05, 3.63) is 40.2 Å². The van der Waals surface area contributed by atoms with E-state index in [1.165, 1.54) is 17.7 Å². The first-order valence-electron chi connectivity index (χ1n) is 8.00. The molecule has 0 N–H and O–H groups in total. The predicted molar refractivity (Wildman–Crippen MR) is 92.7 cm³/mol. The average Bonchev–Trinajstić information content (AvgIpc) is 3.07. The lowest BCUT2D eigenvalue weighted by Gasteiger charge is -2.38. The Morgan fingerprint density at radius 1 is 1.32 bits per heavy atom. The summed E-state index contributed by atoms with van der Waals surface area (Å²) in [6.45, 7) is 5.25. The van der Waals surface area contributed by atoms with Crippen molar-refractivity contribution in [2.24, 2.45) is 0 Å². The number of hydrogen-bond donors (Lipinski definition) is 0. The molecule has 1 atom stereocenters. The summed E-state index contributed by atoms with van der Waals surface area (Å²) in [6, 6.07) is 9.12. The fourth-order valence-corrected chi connectivity index (χ4v) is 3.71. The van der Waals surface area contributed by atoms with Gasteiger partial charge in [0.25, 0.3) is 0 Å². The SMILES string of the molecule is Cc1ccc(N2CCC[C@@H](N(C)CCc3cccs3)C2)nn1. The minimum Gasteiger partial charge on any atom is -0.354 e. The minimum absolute atomic E-state index is 0.608. The first-order valence-corrected chi connectivity index (χ1v) is 8.88. The number of piperidine rings is 1. The van der Waals surface area contributed by atoms with E-state index < -0.39 is 0 Å². The van der Waals surface area contributed by atoms with Crippen molar-refractivity contribution in [1.29, 1.82) is 0 Å². The summed E-state index contributed by atoms with van der Waals surface area (Å²) < 4.78 is 0. The summed E-state index contributed by atoms with van der Waals surface area (Å²) in [6.07, 6.45) is 3.65. The van der Waals surface area contributed by atoms with E-state index in [4.69, 9.17) is 0 Å². The van der Waals surface area contributed by atoms with E-state index in [1.807, 2.05) is 24.3 Å². The fourth-order valence-electron chi connectivity index (χ4n) is 3.01. The molecule has 1 fully saturated rings. The highest BCUT2D eigenvalue weighted by atomic mass is 32.1. The van der Waals surface area contributed by atoms with Gasteiger partial charge in [-0.05, 0) is 56.8 Å². The molecule has 1 aliphatic rings. The second-order valence-corrected chi connectivity index (χ2v) is 7.12. The molecule has 0 amide bonds. The summed E-state index contributed by atoms with van der Waals surface area (Å²) in [5.41, 5.74) is 0.977. The molecule has 3 rings (SSSR count). The third kappa shape index (κ3) is 3.84. The average molecular weight is 316 g/mol. The van der Waals surface area contributed by atoms with Gasteiger partial charge in [-0.15, -0.1) is 16.4 Å². The van der Waals surface area contributed by atoms with Crippen LogP contribution in [0.5, 0.6) is 0 Å². The van der Waals surface area contributed by atoms with Crippen LogP contribution in [0.25, 0.3) is 0 Å². The Kier molecular flexibility index (Phi) is 5.05. The molecule has 1 saturated heterocycles. The molecule has 0 aromatic carbocycles. The van der Waals surface area contributed by atoms with Crippen molar-refractivity contribution in [2.75, 3.05) is 31.6 Å². The number of aromatic nitrogens is 2. The van der Waals surface area contributed by atoms with Crippen LogP contribution in [0.2, 0.25) is 0 Å². The number of nitrogens with zero attached hydrogens (tertiary/aromatic N) is 4. The third-order valence-electron chi connectivity index (χ3n) is 4.42. The molecule has 0 radical (unpaired) electrons. The van der Waals surface area contributed by atoms with E-state index in [-0.39, 0.29) is 0 Å². The maximum absolute atomic E-state index is 4.34. The van der Waals surface area contributed by atoms with Crippen LogP contribution in [0.3, 0.4) is 0 Å². The second kappa shape index (κ2) is 7.20. The van der Waals surface area contributed by atoms with Gasteiger partial charge in [0.1, 0.15) is 0 Å². The summed E-state index contributed by atoms with van der Waals surface area (Å²) in [4.78, 5) is 6.36. The zero-order valence-corrected chi connectivity index (χ0v) is 14.2. The van der Waals surface area contributed by atoms with Gasteiger partial charge >= 0.3 is 0 Å². The highest BCUT2D eigenvalue weighted by molar-refractivity contribution is 7.09. The molecule has 0 unspecified atom stereocenters. The molecule has 2 aromatic rings. The normalized spacial score (nSPS) is 18.9. The van der Waals surface area contributed by atoms with Crippen molar-refractivity contribution in [1.82, 2.24) is 15.1 Å². The topological polar surface area (TPSA) is 32.3 Å². The van der Waals surface area contributed by atoms with Gasteiger partial charge in [-0.2, -0.15) is 5.10 Å². The number of hydrogen-bond acceptors (Lipinski definition) is 5. The van der Waals surface area contributed by atoms with Crippen molar-refractivity contribution >= 4 is 17.2 Å². The number of likely N-dealkylation sites (N-methyl/N-ethyl adjacent to an activating group) is 1. The molecule has 118 valence electrons. The maximum Gasteiger partial charge on any atom is 0.151 e. The molecule has 0 aliphatic carbocycles. The van der Waals surface area contributed by atoms with Gasteiger partial charge in [-0.25, -0.2) is 0 Å². The standard InChI is InChI=1S/C17H24N4S/c1-14-7-8-17(19-18-14)21-10-3-5-15(13-21)20(2)11-9-16-6-4-12-22-16/h4,6-8,12,15H,3,5,9-11,13H2,1-2H3/t15-/m1/s1. The van der Waals surface area contributed by atoms with E-state index in [2.05, 4.69) is 50.6 Å². The Hall–Kier alpha value is -1.46. The molecular weight excluding hydrogens is 292 g/mol. The van der Waals surface area contributed by atoms with E-state index in [1.54, 1.807) is 0 Å².